The van der Waals surface area contributed by atoms with Gasteiger partial charge in [-0.3, -0.25) is 4.79 Å². The molecule has 0 unspecified atom stereocenters. The summed E-state index contributed by atoms with van der Waals surface area (Å²) in [5.74, 6) is 0.727. The third-order valence-corrected chi connectivity index (χ3v) is 4.71. The van der Waals surface area contributed by atoms with Crippen molar-refractivity contribution < 1.29 is 13.2 Å². The Morgan fingerprint density at radius 1 is 1.03 bits per heavy atom. The van der Waals surface area contributed by atoms with E-state index in [1.165, 1.54) is 18.3 Å². The van der Waals surface area contributed by atoms with Crippen LogP contribution >= 0.6 is 12.4 Å². The van der Waals surface area contributed by atoms with Crippen LogP contribution in [0.15, 0.2) is 41.3 Å². The van der Waals surface area contributed by atoms with Crippen molar-refractivity contribution in [3.63, 3.8) is 0 Å². The first-order valence-corrected chi connectivity index (χ1v) is 9.21. The van der Waals surface area contributed by atoms with Crippen molar-refractivity contribution in [2.45, 2.75) is 12.6 Å². The van der Waals surface area contributed by atoms with Gasteiger partial charge in [-0.15, -0.1) is 12.4 Å². The molecule has 0 saturated carbocycles. The van der Waals surface area contributed by atoms with Crippen LogP contribution in [0.2, 0.25) is 0 Å². The second-order valence-corrected chi connectivity index (χ2v) is 6.73. The summed E-state index contributed by atoms with van der Waals surface area (Å²) in [6.45, 7) is 3.18. The van der Waals surface area contributed by atoms with Crippen LogP contribution in [-0.4, -0.2) is 41.1 Å². The van der Waals surface area contributed by atoms with Crippen LogP contribution < -0.4 is 21.1 Å². The molecule has 30 heavy (non-hydrogen) atoms. The molecule has 1 aliphatic heterocycles. The number of alkyl halides is 3. The minimum atomic E-state index is -4.41. The lowest BCUT2D eigenvalue weighted by Crippen LogP contribution is -2.29. The molecule has 2 aromatic heterocycles. The first-order chi connectivity index (χ1) is 13.9. The highest BCUT2D eigenvalue weighted by Crippen LogP contribution is 2.31. The molecule has 0 atom stereocenters. The quantitative estimate of drug-likeness (QED) is 0.579. The highest BCUT2D eigenvalue weighted by atomic mass is 35.5. The Labute approximate surface area is 176 Å². The van der Waals surface area contributed by atoms with Gasteiger partial charge in [0.15, 0.2) is 0 Å². The van der Waals surface area contributed by atoms with Gasteiger partial charge < -0.3 is 20.5 Å². The molecular formula is C19H20ClF3N6O. The van der Waals surface area contributed by atoms with Gasteiger partial charge in [0.25, 0.3) is 5.56 Å². The topological polar surface area (TPSA) is 85.9 Å². The highest BCUT2D eigenvalue weighted by Gasteiger charge is 2.30. The van der Waals surface area contributed by atoms with E-state index in [1.807, 2.05) is 4.90 Å². The summed E-state index contributed by atoms with van der Waals surface area (Å²) in [6, 6.07) is 6.26. The number of aromatic nitrogens is 3. The number of nitrogens with zero attached hydrogens (tertiary/aromatic N) is 3. The van der Waals surface area contributed by atoms with E-state index in [1.54, 1.807) is 6.07 Å². The van der Waals surface area contributed by atoms with Crippen LogP contribution in [0.25, 0.3) is 10.9 Å². The maximum atomic E-state index is 12.8. The SMILES string of the molecule is Cl.O=c1[nH]ccc2nc(N3CCCNCC3)nc(Nc3ccc(C(F)(F)F)cc3)c12. The average Bonchev–Trinajstić information content (AvgIpc) is 2.97. The predicted molar refractivity (Wildman–Crippen MR) is 112 cm³/mol. The van der Waals surface area contributed by atoms with Gasteiger partial charge in [-0.1, -0.05) is 0 Å². The molecule has 7 nitrogen and oxygen atoms in total. The van der Waals surface area contributed by atoms with E-state index in [4.69, 9.17) is 0 Å². The van der Waals surface area contributed by atoms with Crippen LogP contribution in [0.5, 0.6) is 0 Å². The van der Waals surface area contributed by atoms with Crippen molar-refractivity contribution in [2.24, 2.45) is 0 Å². The van der Waals surface area contributed by atoms with Gasteiger partial charge in [0, 0.05) is 31.5 Å². The average molecular weight is 441 g/mol. The number of hydrogen-bond acceptors (Lipinski definition) is 6. The van der Waals surface area contributed by atoms with E-state index in [0.29, 0.717) is 23.7 Å². The van der Waals surface area contributed by atoms with E-state index in [9.17, 15) is 18.0 Å². The fourth-order valence-corrected chi connectivity index (χ4v) is 3.24. The Kier molecular flexibility index (Phi) is 6.47. The maximum absolute atomic E-state index is 12.8. The summed E-state index contributed by atoms with van der Waals surface area (Å²) in [5, 5.41) is 6.54. The molecule has 1 fully saturated rings. The molecule has 3 N–H and O–H groups in total. The standard InChI is InChI=1S/C19H19F3N6O.ClH/c20-19(21,22)12-2-4-13(5-3-12)25-16-15-14(6-8-24-17(15)29)26-18(27-16)28-10-1-7-23-9-11-28;/h2-6,8,23H,1,7,9-11H2,(H,24,29)(H,25,26,27);1H. The van der Waals surface area contributed by atoms with E-state index in [0.717, 1.165) is 38.2 Å². The van der Waals surface area contributed by atoms with Crippen molar-refractivity contribution >= 4 is 40.8 Å². The van der Waals surface area contributed by atoms with Gasteiger partial charge in [-0.2, -0.15) is 18.2 Å². The fraction of sp³-hybridized carbons (Fsp3) is 0.316. The number of fused-ring (bicyclic) bond motifs is 1. The molecule has 0 bridgehead atoms. The summed E-state index contributed by atoms with van der Waals surface area (Å²) >= 11 is 0. The Morgan fingerprint density at radius 2 is 1.80 bits per heavy atom. The lowest BCUT2D eigenvalue weighted by Gasteiger charge is -2.21. The number of H-pyrrole nitrogens is 1. The normalized spacial score (nSPS) is 14.8. The Hall–Kier alpha value is -2.85. The summed E-state index contributed by atoms with van der Waals surface area (Å²) in [5.41, 5.74) is -0.262. The lowest BCUT2D eigenvalue weighted by molar-refractivity contribution is -0.137. The molecule has 1 saturated heterocycles. The van der Waals surface area contributed by atoms with Gasteiger partial charge in [-0.25, -0.2) is 4.98 Å². The number of anilines is 3. The van der Waals surface area contributed by atoms with Crippen LogP contribution in [-0.2, 0) is 6.18 Å². The molecule has 0 spiro atoms. The Bertz CT molecular complexity index is 1060. The van der Waals surface area contributed by atoms with E-state index in [-0.39, 0.29) is 29.2 Å². The molecular weight excluding hydrogens is 421 g/mol. The number of halogens is 4. The van der Waals surface area contributed by atoms with Gasteiger partial charge in [0.2, 0.25) is 5.95 Å². The number of aromatic amines is 1. The van der Waals surface area contributed by atoms with Crippen LogP contribution in [0.1, 0.15) is 12.0 Å². The number of pyridine rings is 1. The summed E-state index contributed by atoms with van der Waals surface area (Å²) in [4.78, 5) is 26.0. The van der Waals surface area contributed by atoms with Crippen molar-refractivity contribution in [2.75, 3.05) is 36.4 Å². The summed E-state index contributed by atoms with van der Waals surface area (Å²) < 4.78 is 38.4. The zero-order valence-electron chi connectivity index (χ0n) is 15.8. The van der Waals surface area contributed by atoms with Crippen molar-refractivity contribution in [3.8, 4) is 0 Å². The number of rotatable bonds is 3. The molecule has 160 valence electrons. The molecule has 0 radical (unpaired) electrons. The molecule has 0 aliphatic carbocycles. The van der Waals surface area contributed by atoms with Crippen molar-refractivity contribution in [1.29, 1.82) is 0 Å². The Balaban J connectivity index is 0.00000256. The smallest absolute Gasteiger partial charge is 0.339 e. The number of nitrogens with one attached hydrogen (secondary N) is 3. The molecule has 0 amide bonds. The summed E-state index contributed by atoms with van der Waals surface area (Å²) in [7, 11) is 0. The van der Waals surface area contributed by atoms with Gasteiger partial charge in [0.1, 0.15) is 11.2 Å². The molecule has 1 aromatic carbocycles. The molecule has 3 heterocycles. The van der Waals surface area contributed by atoms with Gasteiger partial charge in [-0.05, 0) is 43.3 Å². The third kappa shape index (κ3) is 4.65. The van der Waals surface area contributed by atoms with Crippen molar-refractivity contribution in [1.82, 2.24) is 20.3 Å². The summed E-state index contributed by atoms with van der Waals surface area (Å²) in [6.07, 6.45) is -1.98. The van der Waals surface area contributed by atoms with Crippen LogP contribution in [0, 0.1) is 0 Å². The number of hydrogen-bond donors (Lipinski definition) is 3. The van der Waals surface area contributed by atoms with Crippen LogP contribution in [0.4, 0.5) is 30.6 Å². The van der Waals surface area contributed by atoms with Gasteiger partial charge in [0.05, 0.1) is 11.1 Å². The van der Waals surface area contributed by atoms with E-state index in [2.05, 4.69) is 25.6 Å². The van der Waals surface area contributed by atoms with E-state index >= 15 is 0 Å². The van der Waals surface area contributed by atoms with Crippen molar-refractivity contribution in [3.05, 3.63) is 52.4 Å². The minimum absolute atomic E-state index is 0. The van der Waals surface area contributed by atoms with Gasteiger partial charge >= 0.3 is 6.18 Å². The maximum Gasteiger partial charge on any atom is 0.416 e. The molecule has 11 heteroatoms. The zero-order valence-corrected chi connectivity index (χ0v) is 16.6. The fourth-order valence-electron chi connectivity index (χ4n) is 3.24. The molecule has 3 aromatic rings. The Morgan fingerprint density at radius 3 is 2.53 bits per heavy atom. The predicted octanol–water partition coefficient (Wildman–Crippen LogP) is 3.30. The second kappa shape index (κ2) is 8.88. The third-order valence-electron chi connectivity index (χ3n) is 4.71. The molecule has 1 aliphatic rings. The first kappa shape index (κ1) is 21.8. The monoisotopic (exact) mass is 440 g/mol. The molecule has 4 rings (SSSR count). The second-order valence-electron chi connectivity index (χ2n) is 6.73. The first-order valence-electron chi connectivity index (χ1n) is 9.21. The lowest BCUT2D eigenvalue weighted by atomic mass is 10.2. The number of benzene rings is 1. The van der Waals surface area contributed by atoms with Crippen LogP contribution in [0.3, 0.4) is 0 Å². The van der Waals surface area contributed by atoms with E-state index < -0.39 is 11.7 Å². The zero-order chi connectivity index (χ0) is 20.4. The highest BCUT2D eigenvalue weighted by molar-refractivity contribution is 5.91. The minimum Gasteiger partial charge on any atom is -0.339 e. The largest absolute Gasteiger partial charge is 0.416 e.